The van der Waals surface area contributed by atoms with Gasteiger partial charge in [-0.2, -0.15) is 0 Å². The van der Waals surface area contributed by atoms with Crippen LogP contribution in [0, 0.1) is 0 Å². The van der Waals surface area contributed by atoms with Gasteiger partial charge in [-0.05, 0) is 55.7 Å². The fourth-order valence-electron chi connectivity index (χ4n) is 4.25. The van der Waals surface area contributed by atoms with Gasteiger partial charge in [-0.1, -0.05) is 45.0 Å². The predicted octanol–water partition coefficient (Wildman–Crippen LogP) is 5.17. The van der Waals surface area contributed by atoms with Crippen LogP contribution in [0.15, 0.2) is 35.1 Å². The number of benzene rings is 1. The molecule has 4 rings (SSSR count). The van der Waals surface area contributed by atoms with E-state index < -0.39 is 0 Å². The first-order chi connectivity index (χ1) is 14.0. The molecule has 0 saturated heterocycles. The first kappa shape index (κ1) is 20.3. The molecule has 0 atom stereocenters. The lowest BCUT2D eigenvalue weighted by Gasteiger charge is -2.21. The Balaban J connectivity index is 1.56. The molecule has 0 amide bonds. The van der Waals surface area contributed by atoms with Gasteiger partial charge < -0.3 is 0 Å². The molecule has 154 valence electrons. The Morgan fingerprint density at radius 3 is 2.62 bits per heavy atom. The third kappa shape index (κ3) is 4.46. The minimum atomic E-state index is 0.0853. The van der Waals surface area contributed by atoms with Crippen molar-refractivity contribution in [2.24, 2.45) is 0 Å². The van der Waals surface area contributed by atoms with Crippen molar-refractivity contribution in [1.29, 1.82) is 0 Å². The number of rotatable bonds is 7. The lowest BCUT2D eigenvalue weighted by molar-refractivity contribution is 0.254. The molecule has 3 aromatic rings. The molecule has 0 N–H and O–H groups in total. The molecule has 0 spiro atoms. The first-order valence-electron chi connectivity index (χ1n) is 10.9. The van der Waals surface area contributed by atoms with E-state index in [0.29, 0.717) is 12.5 Å². The van der Waals surface area contributed by atoms with Gasteiger partial charge in [-0.25, -0.2) is 4.98 Å². The largest absolute Gasteiger partial charge is 0.293 e. The van der Waals surface area contributed by atoms with Crippen LogP contribution < -0.4 is 5.56 Å². The number of fused-ring (bicyclic) bond motifs is 3. The van der Waals surface area contributed by atoms with Crippen molar-refractivity contribution in [3.63, 3.8) is 0 Å². The van der Waals surface area contributed by atoms with Crippen molar-refractivity contribution in [3.05, 3.63) is 68.1 Å². The van der Waals surface area contributed by atoms with E-state index in [0.717, 1.165) is 43.0 Å². The van der Waals surface area contributed by atoms with Crippen molar-refractivity contribution in [2.45, 2.75) is 71.9 Å². The summed E-state index contributed by atoms with van der Waals surface area (Å²) in [6, 6.07) is 10.7. The predicted molar refractivity (Wildman–Crippen MR) is 121 cm³/mol. The van der Waals surface area contributed by atoms with Crippen molar-refractivity contribution >= 4 is 16.3 Å². The Hall–Kier alpha value is -1.98. The van der Waals surface area contributed by atoms with Gasteiger partial charge in [0.15, 0.2) is 4.96 Å². The molecule has 1 aliphatic rings. The third-order valence-electron chi connectivity index (χ3n) is 5.79. The number of thiazole rings is 1. The maximum atomic E-state index is 12.8. The molecular weight excluding hydrogens is 378 g/mol. The first-order valence-corrected chi connectivity index (χ1v) is 11.7. The summed E-state index contributed by atoms with van der Waals surface area (Å²) in [5, 5.41) is 0. The SMILES string of the molecule is CCCN(Cc1ccc(C(C)C)cc1)Cc1cc(=O)n2c3c(sc2n1)CCCC3. The molecule has 1 aromatic carbocycles. The zero-order chi connectivity index (χ0) is 20.4. The zero-order valence-electron chi connectivity index (χ0n) is 17.8. The standard InChI is InChI=1S/C24H31N3OS/c1-4-13-26(15-18-9-11-19(12-10-18)17(2)3)16-20-14-23(28)27-21-7-5-6-8-22(21)29-24(27)25-20/h9-12,14,17H,4-8,13,15-16H2,1-3H3. The average Bonchev–Trinajstić information content (AvgIpc) is 3.07. The molecule has 0 bridgehead atoms. The summed E-state index contributed by atoms with van der Waals surface area (Å²) in [4.78, 5) is 22.4. The molecule has 5 heteroatoms. The molecule has 2 aromatic heterocycles. The molecule has 0 radical (unpaired) electrons. The summed E-state index contributed by atoms with van der Waals surface area (Å²) >= 11 is 1.71. The number of aryl methyl sites for hydroxylation is 2. The van der Waals surface area contributed by atoms with E-state index in [1.165, 1.54) is 34.5 Å². The van der Waals surface area contributed by atoms with Crippen LogP contribution in [-0.4, -0.2) is 20.8 Å². The van der Waals surface area contributed by atoms with Gasteiger partial charge in [0.05, 0.1) is 5.69 Å². The number of hydrogen-bond donors (Lipinski definition) is 0. The van der Waals surface area contributed by atoms with Crippen LogP contribution >= 0.6 is 11.3 Å². The molecule has 0 saturated carbocycles. The second-order valence-electron chi connectivity index (χ2n) is 8.49. The summed E-state index contributed by atoms with van der Waals surface area (Å²) in [6.07, 6.45) is 5.57. The van der Waals surface area contributed by atoms with Gasteiger partial charge >= 0.3 is 0 Å². The van der Waals surface area contributed by atoms with E-state index in [9.17, 15) is 4.79 Å². The Labute approximate surface area is 177 Å². The fourth-order valence-corrected chi connectivity index (χ4v) is 5.48. The molecule has 4 nitrogen and oxygen atoms in total. The second kappa shape index (κ2) is 8.80. The highest BCUT2D eigenvalue weighted by Gasteiger charge is 2.19. The van der Waals surface area contributed by atoms with E-state index in [-0.39, 0.29) is 5.56 Å². The van der Waals surface area contributed by atoms with Crippen molar-refractivity contribution < 1.29 is 0 Å². The van der Waals surface area contributed by atoms with E-state index in [1.807, 2.05) is 4.40 Å². The molecule has 1 aliphatic carbocycles. The average molecular weight is 410 g/mol. The highest BCUT2D eigenvalue weighted by Crippen LogP contribution is 2.28. The monoisotopic (exact) mass is 409 g/mol. The summed E-state index contributed by atoms with van der Waals surface area (Å²) in [5.74, 6) is 0.552. The number of aromatic nitrogens is 2. The lowest BCUT2D eigenvalue weighted by Crippen LogP contribution is -2.26. The van der Waals surface area contributed by atoms with Gasteiger partial charge in [-0.3, -0.25) is 14.1 Å². The molecule has 0 aliphatic heterocycles. The Bertz CT molecular complexity index is 1030. The molecule has 29 heavy (non-hydrogen) atoms. The van der Waals surface area contributed by atoms with Crippen LogP contribution in [0.3, 0.4) is 0 Å². The van der Waals surface area contributed by atoms with E-state index in [2.05, 4.69) is 49.9 Å². The van der Waals surface area contributed by atoms with Crippen LogP contribution in [0.1, 0.15) is 73.3 Å². The van der Waals surface area contributed by atoms with Crippen LogP contribution in [0.5, 0.6) is 0 Å². The molecule has 2 heterocycles. The summed E-state index contributed by atoms with van der Waals surface area (Å²) < 4.78 is 1.86. The highest BCUT2D eigenvalue weighted by atomic mass is 32.1. The maximum absolute atomic E-state index is 12.8. The third-order valence-corrected chi connectivity index (χ3v) is 6.94. The topological polar surface area (TPSA) is 37.6 Å². The minimum Gasteiger partial charge on any atom is -0.293 e. The van der Waals surface area contributed by atoms with Crippen LogP contribution in [0.4, 0.5) is 0 Å². The van der Waals surface area contributed by atoms with Gasteiger partial charge in [-0.15, -0.1) is 11.3 Å². The quantitative estimate of drug-likeness (QED) is 0.540. The van der Waals surface area contributed by atoms with Crippen LogP contribution in [0.2, 0.25) is 0 Å². The van der Waals surface area contributed by atoms with E-state index in [1.54, 1.807) is 17.4 Å². The smallest absolute Gasteiger partial charge is 0.259 e. The Morgan fingerprint density at radius 1 is 1.14 bits per heavy atom. The van der Waals surface area contributed by atoms with E-state index >= 15 is 0 Å². The zero-order valence-corrected chi connectivity index (χ0v) is 18.6. The van der Waals surface area contributed by atoms with Gasteiger partial charge in [0.25, 0.3) is 5.56 Å². The van der Waals surface area contributed by atoms with Crippen LogP contribution in [-0.2, 0) is 25.9 Å². The normalized spacial score (nSPS) is 14.1. The van der Waals surface area contributed by atoms with Gasteiger partial charge in [0.2, 0.25) is 0 Å². The Kier molecular flexibility index (Phi) is 6.16. The summed E-state index contributed by atoms with van der Waals surface area (Å²) in [6.45, 7) is 9.24. The van der Waals surface area contributed by atoms with Crippen molar-refractivity contribution in [1.82, 2.24) is 14.3 Å². The minimum absolute atomic E-state index is 0.0853. The number of nitrogens with zero attached hydrogens (tertiary/aromatic N) is 3. The van der Waals surface area contributed by atoms with Crippen molar-refractivity contribution in [3.8, 4) is 0 Å². The van der Waals surface area contributed by atoms with Gasteiger partial charge in [0, 0.05) is 29.7 Å². The Morgan fingerprint density at radius 2 is 1.90 bits per heavy atom. The van der Waals surface area contributed by atoms with Crippen LogP contribution in [0.25, 0.3) is 4.96 Å². The van der Waals surface area contributed by atoms with Crippen molar-refractivity contribution in [2.75, 3.05) is 6.54 Å². The fraction of sp³-hybridized carbons (Fsp3) is 0.500. The highest BCUT2D eigenvalue weighted by molar-refractivity contribution is 7.17. The molecule has 0 fully saturated rings. The molecular formula is C24H31N3OS. The number of hydrogen-bond acceptors (Lipinski definition) is 4. The maximum Gasteiger partial charge on any atom is 0.259 e. The lowest BCUT2D eigenvalue weighted by atomic mass is 10.0. The second-order valence-corrected chi connectivity index (χ2v) is 9.55. The molecule has 0 unspecified atom stereocenters. The van der Waals surface area contributed by atoms with Gasteiger partial charge in [0.1, 0.15) is 0 Å². The summed E-state index contributed by atoms with van der Waals surface area (Å²) in [5.41, 5.74) is 4.86. The summed E-state index contributed by atoms with van der Waals surface area (Å²) in [7, 11) is 0. The van der Waals surface area contributed by atoms with E-state index in [4.69, 9.17) is 4.98 Å².